The average Bonchev–Trinajstić information content (AvgIpc) is 2.87. The molecule has 0 aromatic rings. The van der Waals surface area contributed by atoms with Crippen molar-refractivity contribution in [1.29, 1.82) is 0 Å². The second-order valence-corrected chi connectivity index (χ2v) is 6.96. The third kappa shape index (κ3) is 2.04. The average molecular weight is 269 g/mol. The van der Waals surface area contributed by atoms with Gasteiger partial charge in [0.2, 0.25) is 5.91 Å². The monoisotopic (exact) mass is 269 g/mol. The first-order chi connectivity index (χ1) is 8.64. The smallest absolute Gasteiger partial charge is 0.307 e. The zero-order chi connectivity index (χ0) is 14.6. The number of aliphatic carboxylic acids is 1. The summed E-state index contributed by atoms with van der Waals surface area (Å²) in [5.41, 5.74) is -0.535. The predicted molar refractivity (Wildman–Crippen MR) is 69.5 cm³/mol. The molecule has 0 aromatic carbocycles. The van der Waals surface area contributed by atoms with Crippen LogP contribution in [0.15, 0.2) is 0 Å². The summed E-state index contributed by atoms with van der Waals surface area (Å²) < 4.78 is 5.34. The molecule has 0 spiro atoms. The molecular formula is C14H23NO4. The molecule has 1 amide bonds. The van der Waals surface area contributed by atoms with Gasteiger partial charge >= 0.3 is 5.97 Å². The van der Waals surface area contributed by atoms with Crippen LogP contribution in [0, 0.1) is 22.7 Å². The number of hydrogen-bond acceptors (Lipinski definition) is 3. The lowest BCUT2D eigenvalue weighted by Crippen LogP contribution is -2.62. The quantitative estimate of drug-likeness (QED) is 0.806. The van der Waals surface area contributed by atoms with Gasteiger partial charge in [-0.15, -0.1) is 0 Å². The number of carbonyl (C=O) groups excluding carboxylic acids is 1. The van der Waals surface area contributed by atoms with Crippen LogP contribution in [-0.4, -0.2) is 36.2 Å². The van der Waals surface area contributed by atoms with Gasteiger partial charge in [0.25, 0.3) is 0 Å². The van der Waals surface area contributed by atoms with Crippen LogP contribution in [0.3, 0.4) is 0 Å². The lowest BCUT2D eigenvalue weighted by Gasteiger charge is -2.51. The van der Waals surface area contributed by atoms with Gasteiger partial charge < -0.3 is 15.2 Å². The highest BCUT2D eigenvalue weighted by atomic mass is 16.5. The molecule has 0 bridgehead atoms. The van der Waals surface area contributed by atoms with Crippen LogP contribution in [0.5, 0.6) is 0 Å². The maximum atomic E-state index is 12.2. The number of carboxylic acid groups (broad SMARTS) is 1. The van der Waals surface area contributed by atoms with Gasteiger partial charge in [0, 0.05) is 18.6 Å². The van der Waals surface area contributed by atoms with E-state index in [0.717, 1.165) is 6.42 Å². The summed E-state index contributed by atoms with van der Waals surface area (Å²) in [7, 11) is 1.68. The van der Waals surface area contributed by atoms with E-state index in [9.17, 15) is 9.59 Å². The Kier molecular flexibility index (Phi) is 3.16. The molecule has 0 heterocycles. The minimum Gasteiger partial charge on any atom is -0.481 e. The van der Waals surface area contributed by atoms with Crippen molar-refractivity contribution in [2.45, 2.75) is 46.3 Å². The molecular weight excluding hydrogens is 246 g/mol. The Hall–Kier alpha value is -1.10. The summed E-state index contributed by atoms with van der Waals surface area (Å²) >= 11 is 0. The maximum Gasteiger partial charge on any atom is 0.307 e. The van der Waals surface area contributed by atoms with Crippen molar-refractivity contribution in [1.82, 2.24) is 5.32 Å². The zero-order valence-corrected chi connectivity index (χ0v) is 12.2. The fourth-order valence-electron chi connectivity index (χ4n) is 3.38. The summed E-state index contributed by atoms with van der Waals surface area (Å²) in [4.78, 5) is 23.3. The standard InChI is InChI=1S/C14H23NO4/c1-13(2)7(6-8(13)19-5)15-11(16)9-10(12(17)18)14(9,3)4/h7-10H,6H2,1-5H3,(H,15,16)(H,17,18). The topological polar surface area (TPSA) is 75.6 Å². The second-order valence-electron chi connectivity index (χ2n) is 6.96. The van der Waals surface area contributed by atoms with Gasteiger partial charge in [-0.25, -0.2) is 0 Å². The van der Waals surface area contributed by atoms with E-state index >= 15 is 0 Å². The number of amides is 1. The minimum atomic E-state index is -0.882. The van der Waals surface area contributed by atoms with E-state index in [2.05, 4.69) is 19.2 Å². The molecule has 5 nitrogen and oxygen atoms in total. The molecule has 2 rings (SSSR count). The molecule has 0 radical (unpaired) electrons. The molecule has 108 valence electrons. The Bertz CT molecular complexity index is 416. The highest BCUT2D eigenvalue weighted by Gasteiger charge is 2.66. The van der Waals surface area contributed by atoms with Crippen molar-refractivity contribution in [3.8, 4) is 0 Å². The second kappa shape index (κ2) is 4.20. The van der Waals surface area contributed by atoms with Crippen molar-refractivity contribution >= 4 is 11.9 Å². The molecule has 5 heteroatoms. The zero-order valence-electron chi connectivity index (χ0n) is 12.2. The van der Waals surface area contributed by atoms with Crippen molar-refractivity contribution in [3.05, 3.63) is 0 Å². The van der Waals surface area contributed by atoms with Crippen LogP contribution in [-0.2, 0) is 14.3 Å². The predicted octanol–water partition coefficient (Wildman–Crippen LogP) is 1.27. The van der Waals surface area contributed by atoms with E-state index in [1.54, 1.807) is 7.11 Å². The van der Waals surface area contributed by atoms with Gasteiger partial charge in [0.05, 0.1) is 17.9 Å². The van der Waals surface area contributed by atoms with E-state index in [1.807, 2.05) is 13.8 Å². The summed E-state index contributed by atoms with van der Waals surface area (Å²) in [6.45, 7) is 7.78. The van der Waals surface area contributed by atoms with Crippen molar-refractivity contribution in [3.63, 3.8) is 0 Å². The maximum absolute atomic E-state index is 12.2. The molecule has 4 atom stereocenters. The van der Waals surface area contributed by atoms with Gasteiger partial charge in [-0.2, -0.15) is 0 Å². The number of hydrogen-bond donors (Lipinski definition) is 2. The lowest BCUT2D eigenvalue weighted by atomic mass is 9.64. The fraction of sp³-hybridized carbons (Fsp3) is 0.857. The Morgan fingerprint density at radius 3 is 2.11 bits per heavy atom. The van der Waals surface area contributed by atoms with E-state index < -0.39 is 23.2 Å². The molecule has 0 aromatic heterocycles. The Labute approximate surface area is 113 Å². The molecule has 2 saturated carbocycles. The first-order valence-corrected chi connectivity index (χ1v) is 6.70. The fourth-order valence-corrected chi connectivity index (χ4v) is 3.38. The van der Waals surface area contributed by atoms with Crippen LogP contribution < -0.4 is 5.32 Å². The number of methoxy groups -OCH3 is 1. The van der Waals surface area contributed by atoms with Gasteiger partial charge in [-0.3, -0.25) is 9.59 Å². The number of carboxylic acids is 1. The number of nitrogens with one attached hydrogen (secondary N) is 1. The molecule has 4 unspecified atom stereocenters. The van der Waals surface area contributed by atoms with E-state index in [1.165, 1.54) is 0 Å². The minimum absolute atomic E-state index is 0.0656. The van der Waals surface area contributed by atoms with Crippen LogP contribution >= 0.6 is 0 Å². The SMILES string of the molecule is COC1CC(NC(=O)C2C(C(=O)O)C2(C)C)C1(C)C. The molecule has 0 aliphatic heterocycles. The summed E-state index contributed by atoms with van der Waals surface area (Å²) in [6.07, 6.45) is 0.945. The number of ether oxygens (including phenoxy) is 1. The Balaban J connectivity index is 1.96. The van der Waals surface area contributed by atoms with E-state index in [-0.39, 0.29) is 23.5 Å². The van der Waals surface area contributed by atoms with Crippen LogP contribution in [0.2, 0.25) is 0 Å². The highest BCUT2D eigenvalue weighted by molar-refractivity contribution is 5.91. The molecule has 2 N–H and O–H groups in total. The van der Waals surface area contributed by atoms with Crippen LogP contribution in [0.1, 0.15) is 34.1 Å². The molecule has 2 aliphatic carbocycles. The Morgan fingerprint density at radius 1 is 1.16 bits per heavy atom. The lowest BCUT2D eigenvalue weighted by molar-refractivity contribution is -0.142. The summed E-state index contributed by atoms with van der Waals surface area (Å²) in [5.74, 6) is -1.99. The summed E-state index contributed by atoms with van der Waals surface area (Å²) in [6, 6.07) is 0.0656. The number of rotatable bonds is 4. The Morgan fingerprint density at radius 2 is 1.74 bits per heavy atom. The van der Waals surface area contributed by atoms with Gasteiger partial charge in [-0.05, 0) is 11.8 Å². The van der Waals surface area contributed by atoms with Crippen molar-refractivity contribution in [2.24, 2.45) is 22.7 Å². The highest BCUT2D eigenvalue weighted by Crippen LogP contribution is 2.58. The van der Waals surface area contributed by atoms with E-state index in [4.69, 9.17) is 9.84 Å². The third-order valence-corrected chi connectivity index (χ3v) is 5.15. The normalized spacial score (nSPS) is 38.2. The van der Waals surface area contributed by atoms with Crippen LogP contribution in [0.4, 0.5) is 0 Å². The largest absolute Gasteiger partial charge is 0.481 e. The molecule has 2 aliphatic rings. The van der Waals surface area contributed by atoms with Gasteiger partial charge in [-0.1, -0.05) is 27.7 Å². The first kappa shape index (κ1) is 14.3. The first-order valence-electron chi connectivity index (χ1n) is 6.70. The molecule has 19 heavy (non-hydrogen) atoms. The summed E-state index contributed by atoms with van der Waals surface area (Å²) in [5, 5.41) is 12.1. The molecule has 2 fully saturated rings. The van der Waals surface area contributed by atoms with Crippen LogP contribution in [0.25, 0.3) is 0 Å². The van der Waals surface area contributed by atoms with Gasteiger partial charge in [0.15, 0.2) is 0 Å². The number of carbonyl (C=O) groups is 2. The van der Waals surface area contributed by atoms with Gasteiger partial charge in [0.1, 0.15) is 0 Å². The van der Waals surface area contributed by atoms with Crippen molar-refractivity contribution < 1.29 is 19.4 Å². The van der Waals surface area contributed by atoms with E-state index in [0.29, 0.717) is 0 Å². The van der Waals surface area contributed by atoms with Crippen molar-refractivity contribution in [2.75, 3.05) is 7.11 Å². The molecule has 0 saturated heterocycles. The third-order valence-electron chi connectivity index (χ3n) is 5.15.